The van der Waals surface area contributed by atoms with E-state index in [-0.39, 0.29) is 12.9 Å². The Morgan fingerprint density at radius 1 is 1.43 bits per heavy atom. The fourth-order valence-corrected chi connectivity index (χ4v) is 2.29. The first-order valence-corrected chi connectivity index (χ1v) is 7.23. The molecule has 0 radical (unpaired) electrons. The molecule has 1 heterocycles. The monoisotopic (exact) mass is 353 g/mol. The van der Waals surface area contributed by atoms with Crippen molar-refractivity contribution in [3.8, 4) is 0 Å². The molecule has 0 spiro atoms. The Bertz CT molecular complexity index is 583. The number of hydrogen-bond donors (Lipinski definition) is 1. The molecule has 5 nitrogen and oxygen atoms in total. The molecule has 1 aliphatic rings. The highest BCUT2D eigenvalue weighted by atomic mass is 79.9. The average molecular weight is 354 g/mol. The lowest BCUT2D eigenvalue weighted by Gasteiger charge is -2.36. The Balaban J connectivity index is 2.20. The molecular weight excluding hydrogens is 338 g/mol. The first-order valence-electron chi connectivity index (χ1n) is 6.44. The third kappa shape index (κ3) is 4.00. The molecule has 2 rings (SSSR count). The number of anilines is 1. The number of nitrogens with one attached hydrogen (secondary N) is 1. The number of para-hydroxylation sites is 1. The second-order valence-corrected chi connectivity index (χ2v) is 5.90. The maximum absolute atomic E-state index is 11.7. The first kappa shape index (κ1) is 15.9. The van der Waals surface area contributed by atoms with Crippen LogP contribution in [0.15, 0.2) is 40.5 Å². The SMILES string of the molecule is CC1(C)OCC(=CNc2ccccc2Br)C(C(=O)C=O)O1. The molecule has 6 heteroatoms. The molecular formula is C15H16BrNO4. The summed E-state index contributed by atoms with van der Waals surface area (Å²) in [5.74, 6) is -1.51. The van der Waals surface area contributed by atoms with Crippen molar-refractivity contribution in [3.05, 3.63) is 40.5 Å². The van der Waals surface area contributed by atoms with Crippen LogP contribution in [0.3, 0.4) is 0 Å². The molecule has 21 heavy (non-hydrogen) atoms. The van der Waals surface area contributed by atoms with Crippen molar-refractivity contribution in [2.75, 3.05) is 11.9 Å². The largest absolute Gasteiger partial charge is 0.361 e. The number of carbonyl (C=O) groups excluding carboxylic acids is 2. The van der Waals surface area contributed by atoms with Gasteiger partial charge in [0.2, 0.25) is 5.78 Å². The standard InChI is InChI=1S/C15H16BrNO4/c1-15(2)20-9-10(14(21-15)13(19)8-18)7-17-12-6-4-3-5-11(12)16/h3-8,14,17H,9H2,1-2H3. The van der Waals surface area contributed by atoms with Gasteiger partial charge in [-0.3, -0.25) is 9.59 Å². The second-order valence-electron chi connectivity index (χ2n) is 5.05. The van der Waals surface area contributed by atoms with E-state index in [9.17, 15) is 9.59 Å². The summed E-state index contributed by atoms with van der Waals surface area (Å²) in [6.45, 7) is 3.63. The molecule has 0 saturated carbocycles. The Morgan fingerprint density at radius 2 is 2.14 bits per heavy atom. The normalized spacial score (nSPS) is 22.8. The number of rotatable bonds is 4. The van der Waals surface area contributed by atoms with Crippen molar-refractivity contribution >= 4 is 33.7 Å². The van der Waals surface area contributed by atoms with Crippen LogP contribution in [0.1, 0.15) is 13.8 Å². The molecule has 1 atom stereocenters. The van der Waals surface area contributed by atoms with Crippen molar-refractivity contribution in [1.82, 2.24) is 0 Å². The Morgan fingerprint density at radius 3 is 2.81 bits per heavy atom. The van der Waals surface area contributed by atoms with Gasteiger partial charge in [-0.25, -0.2) is 0 Å². The third-order valence-corrected chi connectivity index (χ3v) is 3.68. The Labute approximate surface area is 131 Å². The van der Waals surface area contributed by atoms with Crippen molar-refractivity contribution in [3.63, 3.8) is 0 Å². The van der Waals surface area contributed by atoms with Crippen LogP contribution in [0, 0.1) is 0 Å². The highest BCUT2D eigenvalue weighted by Gasteiger charge is 2.36. The fourth-order valence-electron chi connectivity index (χ4n) is 1.90. The van der Waals surface area contributed by atoms with Crippen LogP contribution in [0.25, 0.3) is 0 Å². The lowest BCUT2D eigenvalue weighted by atomic mass is 10.1. The van der Waals surface area contributed by atoms with Gasteiger partial charge in [-0.2, -0.15) is 0 Å². The van der Waals surface area contributed by atoms with E-state index in [1.165, 1.54) is 0 Å². The topological polar surface area (TPSA) is 64.6 Å². The Kier molecular flexibility index (Phi) is 4.92. The van der Waals surface area contributed by atoms with Crippen LogP contribution in [-0.2, 0) is 19.1 Å². The molecule has 1 aromatic rings. The number of benzene rings is 1. The molecule has 0 aliphatic carbocycles. The van der Waals surface area contributed by atoms with E-state index in [2.05, 4.69) is 21.2 Å². The number of hydrogen-bond acceptors (Lipinski definition) is 5. The van der Waals surface area contributed by atoms with Crippen molar-refractivity contribution in [2.24, 2.45) is 0 Å². The molecule has 1 aliphatic heterocycles. The minimum absolute atomic E-state index is 0.217. The highest BCUT2D eigenvalue weighted by molar-refractivity contribution is 9.10. The number of carbonyl (C=O) groups is 2. The molecule has 1 fully saturated rings. The van der Waals surface area contributed by atoms with Gasteiger partial charge in [0.25, 0.3) is 0 Å². The summed E-state index contributed by atoms with van der Waals surface area (Å²) in [6, 6.07) is 7.56. The second kappa shape index (κ2) is 6.51. The zero-order chi connectivity index (χ0) is 15.5. The molecule has 0 bridgehead atoms. The quantitative estimate of drug-likeness (QED) is 0.665. The van der Waals surface area contributed by atoms with Crippen LogP contribution < -0.4 is 5.32 Å². The summed E-state index contributed by atoms with van der Waals surface area (Å²) < 4.78 is 11.9. The number of ether oxygens (including phenoxy) is 2. The van der Waals surface area contributed by atoms with Crippen LogP contribution in [0.5, 0.6) is 0 Å². The zero-order valence-electron chi connectivity index (χ0n) is 11.8. The Hall–Kier alpha value is -1.50. The number of ketones is 1. The summed E-state index contributed by atoms with van der Waals surface area (Å²) in [4.78, 5) is 22.5. The van der Waals surface area contributed by atoms with Gasteiger partial charge in [0.1, 0.15) is 0 Å². The van der Waals surface area contributed by atoms with Gasteiger partial charge in [-0.05, 0) is 41.9 Å². The summed E-state index contributed by atoms with van der Waals surface area (Å²) in [5.41, 5.74) is 1.41. The van der Waals surface area contributed by atoms with E-state index in [0.29, 0.717) is 5.57 Å². The maximum Gasteiger partial charge on any atom is 0.228 e. The lowest BCUT2D eigenvalue weighted by Crippen LogP contribution is -2.45. The van der Waals surface area contributed by atoms with Crippen LogP contribution in [0.4, 0.5) is 5.69 Å². The van der Waals surface area contributed by atoms with Crippen LogP contribution >= 0.6 is 15.9 Å². The van der Waals surface area contributed by atoms with Crippen LogP contribution in [-0.4, -0.2) is 30.6 Å². The minimum Gasteiger partial charge on any atom is -0.361 e. The first-order chi connectivity index (χ1) is 9.93. The summed E-state index contributed by atoms with van der Waals surface area (Å²) in [5, 5.41) is 3.08. The molecule has 1 N–H and O–H groups in total. The molecule has 0 aromatic heterocycles. The summed E-state index contributed by atoms with van der Waals surface area (Å²) >= 11 is 3.42. The smallest absolute Gasteiger partial charge is 0.228 e. The zero-order valence-corrected chi connectivity index (χ0v) is 13.3. The maximum atomic E-state index is 11.7. The molecule has 112 valence electrons. The van der Waals surface area contributed by atoms with E-state index in [4.69, 9.17) is 9.47 Å². The van der Waals surface area contributed by atoms with E-state index in [0.717, 1.165) is 10.2 Å². The fraction of sp³-hybridized carbons (Fsp3) is 0.333. The van der Waals surface area contributed by atoms with E-state index < -0.39 is 17.7 Å². The third-order valence-electron chi connectivity index (χ3n) is 2.99. The summed E-state index contributed by atoms with van der Waals surface area (Å²) in [7, 11) is 0. The lowest BCUT2D eigenvalue weighted by molar-refractivity contribution is -0.247. The van der Waals surface area contributed by atoms with E-state index >= 15 is 0 Å². The molecule has 1 aromatic carbocycles. The molecule has 1 saturated heterocycles. The van der Waals surface area contributed by atoms with Gasteiger partial charge in [-0.15, -0.1) is 0 Å². The van der Waals surface area contributed by atoms with E-state index in [1.807, 2.05) is 24.3 Å². The average Bonchev–Trinajstić information content (AvgIpc) is 2.46. The summed E-state index contributed by atoms with van der Waals surface area (Å²) in [6.07, 6.45) is 1.00. The molecule has 1 unspecified atom stereocenters. The number of Topliss-reactive ketones (excluding diaryl/α,β-unsaturated/α-hetero) is 1. The minimum atomic E-state index is -0.916. The van der Waals surface area contributed by atoms with Gasteiger partial charge in [0, 0.05) is 16.2 Å². The van der Waals surface area contributed by atoms with Gasteiger partial charge in [0.15, 0.2) is 18.2 Å². The van der Waals surface area contributed by atoms with Gasteiger partial charge in [0.05, 0.1) is 12.3 Å². The highest BCUT2D eigenvalue weighted by Crippen LogP contribution is 2.27. The van der Waals surface area contributed by atoms with Gasteiger partial charge < -0.3 is 14.8 Å². The predicted molar refractivity (Wildman–Crippen MR) is 81.8 cm³/mol. The molecule has 0 amide bonds. The van der Waals surface area contributed by atoms with Crippen molar-refractivity contribution in [1.29, 1.82) is 0 Å². The number of halogens is 1. The van der Waals surface area contributed by atoms with Crippen molar-refractivity contribution in [2.45, 2.75) is 25.7 Å². The number of aldehydes is 1. The van der Waals surface area contributed by atoms with Gasteiger partial charge >= 0.3 is 0 Å². The van der Waals surface area contributed by atoms with E-state index in [1.54, 1.807) is 20.0 Å². The van der Waals surface area contributed by atoms with Crippen LogP contribution in [0.2, 0.25) is 0 Å². The predicted octanol–water partition coefficient (Wildman–Crippen LogP) is 2.66. The van der Waals surface area contributed by atoms with Crippen molar-refractivity contribution < 1.29 is 19.1 Å². The van der Waals surface area contributed by atoms with Gasteiger partial charge in [-0.1, -0.05) is 12.1 Å².